The Morgan fingerprint density at radius 3 is 2.60 bits per heavy atom. The monoisotopic (exact) mass is 308 g/mol. The molecule has 0 aliphatic heterocycles. The summed E-state index contributed by atoms with van der Waals surface area (Å²) in [4.78, 5) is 13.3. The van der Waals surface area contributed by atoms with Gasteiger partial charge in [-0.3, -0.25) is 4.79 Å². The first kappa shape index (κ1) is 14.9. The topological polar surface area (TPSA) is 41.1 Å². The highest BCUT2D eigenvalue weighted by Crippen LogP contribution is 2.27. The summed E-state index contributed by atoms with van der Waals surface area (Å²) in [5, 5.41) is 6.07. The second kappa shape index (κ2) is 6.29. The quantitative estimate of drug-likeness (QED) is 0.887. The van der Waals surface area contributed by atoms with Crippen LogP contribution in [0.5, 0.6) is 0 Å². The maximum atomic E-state index is 12.2. The molecule has 2 N–H and O–H groups in total. The lowest BCUT2D eigenvalue weighted by Gasteiger charge is -2.13. The number of nitrogens with one attached hydrogen (secondary N) is 2. The molecule has 0 spiro atoms. The summed E-state index contributed by atoms with van der Waals surface area (Å²) in [5.74, 6) is -0.0761. The number of amides is 1. The van der Waals surface area contributed by atoms with Crippen LogP contribution < -0.4 is 10.6 Å². The van der Waals surface area contributed by atoms with E-state index in [0.717, 1.165) is 20.5 Å². The van der Waals surface area contributed by atoms with E-state index in [0.29, 0.717) is 5.56 Å². The van der Waals surface area contributed by atoms with Crippen molar-refractivity contribution in [3.05, 3.63) is 50.7 Å². The van der Waals surface area contributed by atoms with Crippen molar-refractivity contribution in [3.8, 4) is 0 Å². The van der Waals surface area contributed by atoms with Crippen LogP contribution in [-0.4, -0.2) is 13.0 Å². The average molecular weight is 309 g/mol. The first-order valence-corrected chi connectivity index (χ1v) is 7.55. The predicted molar refractivity (Wildman–Crippen MR) is 85.9 cm³/mol. The highest BCUT2D eigenvalue weighted by Gasteiger charge is 2.13. The van der Waals surface area contributed by atoms with E-state index in [-0.39, 0.29) is 11.9 Å². The number of hydrogen-bond acceptors (Lipinski definition) is 3. The Hall–Kier alpha value is -1.52. The zero-order valence-corrected chi connectivity index (χ0v) is 13.2. The van der Waals surface area contributed by atoms with Crippen LogP contribution in [-0.2, 0) is 0 Å². The smallest absolute Gasteiger partial charge is 0.251 e. The molecule has 2 rings (SSSR count). The summed E-state index contributed by atoms with van der Waals surface area (Å²) >= 11 is 7.39. The largest absolute Gasteiger partial charge is 0.388 e. The molecule has 5 heteroatoms. The molecule has 3 nitrogen and oxygen atoms in total. The van der Waals surface area contributed by atoms with Crippen molar-refractivity contribution in [2.45, 2.75) is 19.9 Å². The van der Waals surface area contributed by atoms with Crippen molar-refractivity contribution in [1.29, 1.82) is 0 Å². The van der Waals surface area contributed by atoms with Crippen LogP contribution >= 0.6 is 22.9 Å². The van der Waals surface area contributed by atoms with E-state index in [4.69, 9.17) is 11.6 Å². The molecule has 0 aliphatic carbocycles. The van der Waals surface area contributed by atoms with Crippen LogP contribution in [0.25, 0.3) is 0 Å². The number of anilines is 1. The number of halogens is 1. The molecule has 2 aromatic rings. The van der Waals surface area contributed by atoms with Crippen molar-refractivity contribution in [1.82, 2.24) is 5.32 Å². The van der Waals surface area contributed by atoms with E-state index in [1.165, 1.54) is 11.3 Å². The Bertz CT molecular complexity index is 624. The van der Waals surface area contributed by atoms with E-state index in [1.807, 2.05) is 51.2 Å². The molecule has 0 saturated carbocycles. The molecule has 1 heterocycles. The van der Waals surface area contributed by atoms with Gasteiger partial charge in [-0.1, -0.05) is 11.6 Å². The molecular weight excluding hydrogens is 292 g/mol. The third kappa shape index (κ3) is 3.32. The summed E-state index contributed by atoms with van der Waals surface area (Å²) in [6.45, 7) is 3.93. The van der Waals surface area contributed by atoms with Gasteiger partial charge in [-0.25, -0.2) is 0 Å². The average Bonchev–Trinajstić information content (AvgIpc) is 2.85. The summed E-state index contributed by atoms with van der Waals surface area (Å²) < 4.78 is 0.732. The van der Waals surface area contributed by atoms with Crippen LogP contribution in [0.1, 0.15) is 33.8 Å². The van der Waals surface area contributed by atoms with Gasteiger partial charge < -0.3 is 10.6 Å². The molecule has 1 atom stereocenters. The fraction of sp³-hybridized carbons (Fsp3) is 0.267. The van der Waals surface area contributed by atoms with Crippen molar-refractivity contribution in [3.63, 3.8) is 0 Å². The van der Waals surface area contributed by atoms with Crippen molar-refractivity contribution in [2.75, 3.05) is 12.4 Å². The number of hydrogen-bond donors (Lipinski definition) is 2. The molecule has 106 valence electrons. The van der Waals surface area contributed by atoms with Crippen molar-refractivity contribution >= 4 is 34.5 Å². The van der Waals surface area contributed by atoms with Gasteiger partial charge in [0, 0.05) is 23.2 Å². The van der Waals surface area contributed by atoms with E-state index in [2.05, 4.69) is 10.6 Å². The normalized spacial score (nSPS) is 12.0. The predicted octanol–water partition coefficient (Wildman–Crippen LogP) is 4.24. The van der Waals surface area contributed by atoms with Crippen LogP contribution in [0, 0.1) is 6.92 Å². The first-order valence-electron chi connectivity index (χ1n) is 6.35. The number of benzene rings is 1. The van der Waals surface area contributed by atoms with Gasteiger partial charge in [-0.15, -0.1) is 11.3 Å². The summed E-state index contributed by atoms with van der Waals surface area (Å²) in [6, 6.07) is 9.35. The van der Waals surface area contributed by atoms with Gasteiger partial charge in [-0.05, 0) is 49.7 Å². The number of carbonyl (C=O) groups is 1. The van der Waals surface area contributed by atoms with Crippen LogP contribution in [0.2, 0.25) is 4.34 Å². The first-order chi connectivity index (χ1) is 9.51. The maximum Gasteiger partial charge on any atom is 0.251 e. The third-order valence-corrected chi connectivity index (χ3v) is 4.54. The lowest BCUT2D eigenvalue weighted by molar-refractivity contribution is 0.0940. The standard InChI is InChI=1S/C15H17ClN2OS/c1-9-8-11(4-5-12(9)17-3)15(19)18-10(2)13-6-7-14(16)20-13/h4-8,10,17H,1-3H3,(H,18,19). The van der Waals surface area contributed by atoms with Crippen molar-refractivity contribution < 1.29 is 4.79 Å². The van der Waals surface area contributed by atoms with Gasteiger partial charge in [0.05, 0.1) is 10.4 Å². The summed E-state index contributed by atoms with van der Waals surface area (Å²) in [6.07, 6.45) is 0. The van der Waals surface area contributed by atoms with Gasteiger partial charge in [0.15, 0.2) is 0 Å². The molecule has 0 fully saturated rings. The van der Waals surface area contributed by atoms with Gasteiger partial charge in [0.1, 0.15) is 0 Å². The van der Waals surface area contributed by atoms with Crippen LogP contribution in [0.15, 0.2) is 30.3 Å². The molecule has 0 radical (unpaired) electrons. The zero-order chi connectivity index (χ0) is 14.7. The number of thiophene rings is 1. The minimum absolute atomic E-state index is 0.0516. The van der Waals surface area contributed by atoms with Crippen molar-refractivity contribution in [2.24, 2.45) is 0 Å². The Labute approximate surface area is 128 Å². The third-order valence-electron chi connectivity index (χ3n) is 3.13. The molecule has 1 amide bonds. The fourth-order valence-electron chi connectivity index (χ4n) is 2.00. The molecule has 20 heavy (non-hydrogen) atoms. The molecule has 0 aliphatic rings. The molecule has 1 aromatic carbocycles. The number of carbonyl (C=O) groups excluding carboxylic acids is 1. The number of rotatable bonds is 4. The number of aryl methyl sites for hydroxylation is 1. The molecule has 1 unspecified atom stereocenters. The second-order valence-electron chi connectivity index (χ2n) is 4.62. The van der Waals surface area contributed by atoms with E-state index < -0.39 is 0 Å². The lowest BCUT2D eigenvalue weighted by atomic mass is 10.1. The SMILES string of the molecule is CNc1ccc(C(=O)NC(C)c2ccc(Cl)s2)cc1C. The van der Waals surface area contributed by atoms with Gasteiger partial charge in [0.25, 0.3) is 5.91 Å². The van der Waals surface area contributed by atoms with Gasteiger partial charge in [0.2, 0.25) is 0 Å². The second-order valence-corrected chi connectivity index (χ2v) is 6.36. The van der Waals surface area contributed by atoms with E-state index in [1.54, 1.807) is 0 Å². The molecule has 1 aromatic heterocycles. The highest BCUT2D eigenvalue weighted by atomic mass is 35.5. The molecular formula is C15H17ClN2OS. The lowest BCUT2D eigenvalue weighted by Crippen LogP contribution is -2.26. The molecule has 0 saturated heterocycles. The summed E-state index contributed by atoms with van der Waals surface area (Å²) in [7, 11) is 1.87. The minimum atomic E-state index is -0.0761. The Kier molecular flexibility index (Phi) is 4.68. The highest BCUT2D eigenvalue weighted by molar-refractivity contribution is 7.16. The van der Waals surface area contributed by atoms with Gasteiger partial charge >= 0.3 is 0 Å². The van der Waals surface area contributed by atoms with Crippen LogP contribution in [0.4, 0.5) is 5.69 Å². The Balaban J connectivity index is 2.10. The van der Waals surface area contributed by atoms with E-state index >= 15 is 0 Å². The Morgan fingerprint density at radius 2 is 2.05 bits per heavy atom. The Morgan fingerprint density at radius 1 is 1.30 bits per heavy atom. The summed E-state index contributed by atoms with van der Waals surface area (Å²) in [5.41, 5.74) is 2.74. The molecule has 0 bridgehead atoms. The van der Waals surface area contributed by atoms with Crippen LogP contribution in [0.3, 0.4) is 0 Å². The maximum absolute atomic E-state index is 12.2. The zero-order valence-electron chi connectivity index (χ0n) is 11.7. The fourth-order valence-corrected chi connectivity index (χ4v) is 3.06. The van der Waals surface area contributed by atoms with E-state index in [9.17, 15) is 4.79 Å². The minimum Gasteiger partial charge on any atom is -0.388 e. The van der Waals surface area contributed by atoms with Gasteiger partial charge in [-0.2, -0.15) is 0 Å².